The highest BCUT2D eigenvalue weighted by molar-refractivity contribution is 5.71. The molecule has 1 aromatic carbocycles. The lowest BCUT2D eigenvalue weighted by Crippen LogP contribution is -2.10. The summed E-state index contributed by atoms with van der Waals surface area (Å²) in [5.41, 5.74) is 1.91. The number of ether oxygens (including phenoxy) is 1. The molecule has 0 saturated carbocycles. The first-order valence-corrected chi connectivity index (χ1v) is 5.91. The van der Waals surface area contributed by atoms with Gasteiger partial charge < -0.3 is 9.64 Å². The van der Waals surface area contributed by atoms with E-state index in [1.165, 1.54) is 0 Å². The second kappa shape index (κ2) is 6.65. The Morgan fingerprint density at radius 2 is 2.00 bits per heavy atom. The van der Waals surface area contributed by atoms with Gasteiger partial charge in [0.1, 0.15) is 0 Å². The molecule has 18 heavy (non-hydrogen) atoms. The Hall–Kier alpha value is -2.02. The quantitative estimate of drug-likeness (QED) is 0.748. The monoisotopic (exact) mass is 246 g/mol. The Morgan fingerprint density at radius 1 is 1.39 bits per heavy atom. The molecule has 0 amide bonds. The summed E-state index contributed by atoms with van der Waals surface area (Å²) in [6.45, 7) is 2.10. The fourth-order valence-electron chi connectivity index (χ4n) is 1.63. The van der Waals surface area contributed by atoms with Gasteiger partial charge in [-0.3, -0.25) is 4.79 Å². The van der Waals surface area contributed by atoms with Crippen molar-refractivity contribution in [3.8, 4) is 6.07 Å². The van der Waals surface area contributed by atoms with Crippen molar-refractivity contribution in [1.29, 1.82) is 5.26 Å². The molecule has 1 unspecified atom stereocenters. The summed E-state index contributed by atoms with van der Waals surface area (Å²) in [6, 6.07) is 9.77. The molecule has 1 atom stereocenters. The molecule has 4 heteroatoms. The topological polar surface area (TPSA) is 53.3 Å². The van der Waals surface area contributed by atoms with Gasteiger partial charge in [-0.25, -0.2) is 0 Å². The van der Waals surface area contributed by atoms with Crippen molar-refractivity contribution in [2.45, 2.75) is 19.3 Å². The second-order valence-electron chi connectivity index (χ2n) is 4.18. The highest BCUT2D eigenvalue weighted by Gasteiger charge is 2.16. The summed E-state index contributed by atoms with van der Waals surface area (Å²) in [7, 11) is 3.91. The number of benzene rings is 1. The number of anilines is 1. The maximum atomic E-state index is 11.4. The van der Waals surface area contributed by atoms with E-state index in [1.807, 2.05) is 43.3 Å². The number of hydrogen-bond donors (Lipinski definition) is 0. The average molecular weight is 246 g/mol. The number of nitriles is 1. The van der Waals surface area contributed by atoms with Gasteiger partial charge in [-0.05, 0) is 24.6 Å². The molecule has 1 aromatic rings. The predicted octanol–water partition coefficient (Wildman–Crippen LogP) is 2.31. The van der Waals surface area contributed by atoms with E-state index in [0.29, 0.717) is 6.61 Å². The molecule has 96 valence electrons. The molecule has 0 bridgehead atoms. The number of carbonyl (C=O) groups is 1. The van der Waals surface area contributed by atoms with Crippen LogP contribution in [0.3, 0.4) is 0 Å². The van der Waals surface area contributed by atoms with Crippen LogP contribution in [0.1, 0.15) is 24.8 Å². The molecule has 0 aliphatic heterocycles. The van der Waals surface area contributed by atoms with Gasteiger partial charge >= 0.3 is 5.97 Å². The number of rotatable bonds is 5. The number of nitrogens with zero attached hydrogens (tertiary/aromatic N) is 2. The van der Waals surface area contributed by atoms with E-state index >= 15 is 0 Å². The highest BCUT2D eigenvalue weighted by atomic mass is 16.5. The maximum absolute atomic E-state index is 11.4. The van der Waals surface area contributed by atoms with Gasteiger partial charge in [-0.15, -0.1) is 0 Å². The van der Waals surface area contributed by atoms with Crippen LogP contribution in [0.2, 0.25) is 0 Å². The molecule has 1 rings (SSSR count). The second-order valence-corrected chi connectivity index (χ2v) is 4.18. The third-order valence-corrected chi connectivity index (χ3v) is 2.64. The van der Waals surface area contributed by atoms with Gasteiger partial charge in [-0.1, -0.05) is 12.1 Å². The molecular formula is C14H18N2O2. The molecule has 0 aliphatic carbocycles. The molecule has 0 heterocycles. The molecule has 0 radical (unpaired) electrons. The summed E-state index contributed by atoms with van der Waals surface area (Å²) in [5, 5.41) is 9.11. The molecule has 0 N–H and O–H groups in total. The van der Waals surface area contributed by atoms with E-state index in [2.05, 4.69) is 6.07 Å². The maximum Gasteiger partial charge on any atom is 0.307 e. The van der Waals surface area contributed by atoms with Crippen molar-refractivity contribution in [2.24, 2.45) is 0 Å². The minimum atomic E-state index is -0.444. The van der Waals surface area contributed by atoms with E-state index in [9.17, 15) is 4.79 Å². The van der Waals surface area contributed by atoms with Crippen LogP contribution in [0.15, 0.2) is 24.3 Å². The molecule has 4 nitrogen and oxygen atoms in total. The first-order chi connectivity index (χ1) is 8.58. The summed E-state index contributed by atoms with van der Waals surface area (Å²) in [6.07, 6.45) is 0.103. The lowest BCUT2D eigenvalue weighted by Gasteiger charge is -2.14. The molecular weight excluding hydrogens is 228 g/mol. The largest absolute Gasteiger partial charge is 0.466 e. The van der Waals surface area contributed by atoms with Crippen molar-refractivity contribution in [3.05, 3.63) is 29.8 Å². The number of hydrogen-bond acceptors (Lipinski definition) is 4. The lowest BCUT2D eigenvalue weighted by atomic mass is 9.97. The Bertz CT molecular complexity index is 432. The minimum absolute atomic E-state index is 0.103. The first-order valence-electron chi connectivity index (χ1n) is 5.91. The van der Waals surface area contributed by atoms with Crippen LogP contribution < -0.4 is 4.90 Å². The fraction of sp³-hybridized carbons (Fsp3) is 0.429. The molecule has 0 fully saturated rings. The van der Waals surface area contributed by atoms with Crippen LogP contribution in [-0.4, -0.2) is 26.7 Å². The van der Waals surface area contributed by atoms with E-state index in [0.717, 1.165) is 11.3 Å². The minimum Gasteiger partial charge on any atom is -0.466 e. The van der Waals surface area contributed by atoms with Gasteiger partial charge in [0.05, 0.1) is 25.0 Å². The SMILES string of the molecule is CCOC(=O)CC(C#N)c1ccc(N(C)C)cc1. The fourth-order valence-corrected chi connectivity index (χ4v) is 1.63. The Morgan fingerprint density at radius 3 is 2.44 bits per heavy atom. The normalized spacial score (nSPS) is 11.4. The molecule has 0 saturated heterocycles. The van der Waals surface area contributed by atoms with Crippen LogP contribution in [0.25, 0.3) is 0 Å². The third kappa shape index (κ3) is 3.77. The van der Waals surface area contributed by atoms with Crippen molar-refractivity contribution in [2.75, 3.05) is 25.6 Å². The van der Waals surface area contributed by atoms with E-state index in [-0.39, 0.29) is 12.4 Å². The van der Waals surface area contributed by atoms with Crippen LogP contribution in [0.4, 0.5) is 5.69 Å². The predicted molar refractivity (Wildman–Crippen MR) is 70.4 cm³/mol. The zero-order valence-corrected chi connectivity index (χ0v) is 11.0. The van der Waals surface area contributed by atoms with Crippen LogP contribution in [0, 0.1) is 11.3 Å². The summed E-state index contributed by atoms with van der Waals surface area (Å²) >= 11 is 0. The Balaban J connectivity index is 2.77. The zero-order chi connectivity index (χ0) is 13.5. The van der Waals surface area contributed by atoms with Crippen molar-refractivity contribution < 1.29 is 9.53 Å². The van der Waals surface area contributed by atoms with E-state index < -0.39 is 5.92 Å². The Kier molecular flexibility index (Phi) is 5.19. The van der Waals surface area contributed by atoms with Crippen LogP contribution in [0.5, 0.6) is 0 Å². The highest BCUT2D eigenvalue weighted by Crippen LogP contribution is 2.22. The van der Waals surface area contributed by atoms with Gasteiger partial charge in [0.25, 0.3) is 0 Å². The van der Waals surface area contributed by atoms with Crippen molar-refractivity contribution >= 4 is 11.7 Å². The first kappa shape index (κ1) is 14.0. The Labute approximate surface area is 108 Å². The summed E-state index contributed by atoms with van der Waals surface area (Å²) in [4.78, 5) is 13.4. The van der Waals surface area contributed by atoms with E-state index in [1.54, 1.807) is 6.92 Å². The number of esters is 1. The summed E-state index contributed by atoms with van der Waals surface area (Å²) < 4.78 is 4.86. The summed E-state index contributed by atoms with van der Waals surface area (Å²) in [5.74, 6) is -0.777. The van der Waals surface area contributed by atoms with Gasteiger partial charge in [-0.2, -0.15) is 5.26 Å². The van der Waals surface area contributed by atoms with Crippen molar-refractivity contribution in [1.82, 2.24) is 0 Å². The smallest absolute Gasteiger partial charge is 0.307 e. The molecule has 0 spiro atoms. The van der Waals surface area contributed by atoms with Crippen LogP contribution in [-0.2, 0) is 9.53 Å². The van der Waals surface area contributed by atoms with Gasteiger partial charge in [0.2, 0.25) is 0 Å². The lowest BCUT2D eigenvalue weighted by molar-refractivity contribution is -0.143. The third-order valence-electron chi connectivity index (χ3n) is 2.64. The average Bonchev–Trinajstić information content (AvgIpc) is 2.36. The zero-order valence-electron chi connectivity index (χ0n) is 11.0. The molecule has 0 aliphatic rings. The standard InChI is InChI=1S/C14H18N2O2/c1-4-18-14(17)9-12(10-15)11-5-7-13(8-6-11)16(2)3/h5-8,12H,4,9H2,1-3H3. The van der Waals surface area contributed by atoms with Crippen molar-refractivity contribution in [3.63, 3.8) is 0 Å². The van der Waals surface area contributed by atoms with E-state index in [4.69, 9.17) is 10.00 Å². The van der Waals surface area contributed by atoms with Crippen LogP contribution >= 0.6 is 0 Å². The molecule has 0 aromatic heterocycles. The van der Waals surface area contributed by atoms with Gasteiger partial charge in [0.15, 0.2) is 0 Å². The number of carbonyl (C=O) groups excluding carboxylic acids is 1. The van der Waals surface area contributed by atoms with Gasteiger partial charge in [0, 0.05) is 19.8 Å².